The molecular weight excluding hydrogens is 402 g/mol. The monoisotopic (exact) mass is 429 g/mol. The van der Waals surface area contributed by atoms with Gasteiger partial charge in [0.05, 0.1) is 4.90 Å². The van der Waals surface area contributed by atoms with E-state index in [-0.39, 0.29) is 4.90 Å². The Morgan fingerprint density at radius 3 is 2.20 bits per heavy atom. The highest BCUT2D eigenvalue weighted by Crippen LogP contribution is 2.56. The van der Waals surface area contributed by atoms with Crippen LogP contribution in [0.1, 0.15) is 44.7 Å². The fourth-order valence-electron chi connectivity index (χ4n) is 3.78. The molecule has 1 amide bonds. The number of ether oxygens (including phenoxy) is 1. The number of amides is 1. The van der Waals surface area contributed by atoms with Gasteiger partial charge in [-0.2, -0.15) is 0 Å². The molecule has 0 heterocycles. The van der Waals surface area contributed by atoms with Gasteiger partial charge in [-0.3, -0.25) is 0 Å². The van der Waals surface area contributed by atoms with Crippen LogP contribution < -0.4 is 5.32 Å². The number of sulfone groups is 1. The molecule has 1 N–H and O–H groups in total. The molecule has 6 nitrogen and oxygen atoms in total. The number of aryl methyl sites for hydroxylation is 1. The Labute approximate surface area is 177 Å². The second-order valence-corrected chi connectivity index (χ2v) is 10.6. The van der Waals surface area contributed by atoms with Gasteiger partial charge in [0.25, 0.3) is 0 Å². The van der Waals surface area contributed by atoms with Crippen LogP contribution in [0, 0.1) is 0 Å². The Bertz CT molecular complexity index is 1030. The van der Waals surface area contributed by atoms with Gasteiger partial charge in [0, 0.05) is 5.92 Å². The number of benzene rings is 2. The van der Waals surface area contributed by atoms with Crippen molar-refractivity contribution in [2.75, 3.05) is 0 Å². The molecule has 160 valence electrons. The zero-order valence-corrected chi connectivity index (χ0v) is 18.4. The summed E-state index contributed by atoms with van der Waals surface area (Å²) in [5.41, 5.74) is -0.599. The molecule has 0 aromatic heterocycles. The number of alkyl carbamates (subject to hydrolysis) is 1. The normalized spacial score (nSPS) is 23.5. The summed E-state index contributed by atoms with van der Waals surface area (Å²) in [4.78, 5) is 24.8. The maximum absolute atomic E-state index is 13.4. The van der Waals surface area contributed by atoms with Gasteiger partial charge < -0.3 is 14.8 Å². The van der Waals surface area contributed by atoms with Crippen LogP contribution in [0.3, 0.4) is 0 Å². The number of hydrogen-bond acceptors (Lipinski definition) is 5. The van der Waals surface area contributed by atoms with Crippen LogP contribution in [0.2, 0.25) is 0 Å². The lowest BCUT2D eigenvalue weighted by atomic mass is 10.0. The quantitative estimate of drug-likeness (QED) is 0.708. The van der Waals surface area contributed by atoms with Crippen molar-refractivity contribution >= 4 is 22.2 Å². The molecule has 30 heavy (non-hydrogen) atoms. The van der Waals surface area contributed by atoms with E-state index in [1.807, 2.05) is 31.2 Å². The lowest BCUT2D eigenvalue weighted by molar-refractivity contribution is -0.110. The average Bonchev–Trinajstić information content (AvgIpc) is 3.36. The molecule has 7 heteroatoms. The van der Waals surface area contributed by atoms with Gasteiger partial charge in [-0.1, -0.05) is 49.4 Å². The van der Waals surface area contributed by atoms with E-state index in [2.05, 4.69) is 5.32 Å². The van der Waals surface area contributed by atoms with E-state index in [9.17, 15) is 18.0 Å². The molecule has 0 saturated heterocycles. The van der Waals surface area contributed by atoms with Gasteiger partial charge in [-0.15, -0.1) is 0 Å². The summed E-state index contributed by atoms with van der Waals surface area (Å²) in [5.74, 6) is -0.710. The van der Waals surface area contributed by atoms with Gasteiger partial charge in [0.15, 0.2) is 9.84 Å². The molecule has 1 aliphatic carbocycles. The van der Waals surface area contributed by atoms with E-state index in [1.165, 1.54) is 12.1 Å². The maximum atomic E-state index is 13.4. The lowest BCUT2D eigenvalue weighted by Gasteiger charge is -2.22. The van der Waals surface area contributed by atoms with E-state index in [0.29, 0.717) is 11.8 Å². The van der Waals surface area contributed by atoms with Crippen molar-refractivity contribution in [3.8, 4) is 0 Å². The Hall–Kier alpha value is -2.67. The molecule has 1 aliphatic rings. The highest BCUT2D eigenvalue weighted by Gasteiger charge is 2.73. The smallest absolute Gasteiger partial charge is 0.408 e. The van der Waals surface area contributed by atoms with Crippen LogP contribution >= 0.6 is 0 Å². The van der Waals surface area contributed by atoms with E-state index >= 15 is 0 Å². The van der Waals surface area contributed by atoms with E-state index in [4.69, 9.17) is 4.74 Å². The van der Waals surface area contributed by atoms with Crippen LogP contribution in [0.5, 0.6) is 0 Å². The zero-order valence-electron chi connectivity index (χ0n) is 17.6. The molecule has 3 rings (SSSR count). The van der Waals surface area contributed by atoms with Gasteiger partial charge >= 0.3 is 6.09 Å². The molecule has 2 aromatic carbocycles. The largest absolute Gasteiger partial charge is 0.444 e. The summed E-state index contributed by atoms with van der Waals surface area (Å²) in [6.07, 6.45) is 0.544. The molecular formula is C23H27NO5S. The van der Waals surface area contributed by atoms with Gasteiger partial charge in [-0.25, -0.2) is 13.2 Å². The number of aldehydes is 1. The SMILES string of the molecule is CCc1ccc([C@H]2[C@H](S(=O)(=O)c3ccccc3)[C@@]2(C=O)NC(=O)OC(C)(C)C)cc1. The van der Waals surface area contributed by atoms with Crippen molar-refractivity contribution in [1.82, 2.24) is 5.32 Å². The van der Waals surface area contributed by atoms with Crippen molar-refractivity contribution in [3.05, 3.63) is 65.7 Å². The van der Waals surface area contributed by atoms with Crippen LogP contribution in [0.4, 0.5) is 4.79 Å². The minimum Gasteiger partial charge on any atom is -0.444 e. The second kappa shape index (κ2) is 7.87. The number of hydrogen-bond donors (Lipinski definition) is 1. The molecule has 3 atom stereocenters. The average molecular weight is 430 g/mol. The molecule has 0 aliphatic heterocycles. The predicted octanol–water partition coefficient (Wildman–Crippen LogP) is 3.65. The molecule has 2 aromatic rings. The first-order valence-electron chi connectivity index (χ1n) is 9.90. The van der Waals surface area contributed by atoms with Crippen molar-refractivity contribution in [2.24, 2.45) is 0 Å². The summed E-state index contributed by atoms with van der Waals surface area (Å²) in [6.45, 7) is 7.12. The Balaban J connectivity index is 2.04. The van der Waals surface area contributed by atoms with Crippen LogP contribution in [-0.4, -0.2) is 37.2 Å². The van der Waals surface area contributed by atoms with Crippen molar-refractivity contribution < 1.29 is 22.7 Å². The summed E-state index contributed by atoms with van der Waals surface area (Å²) in [6, 6.07) is 15.4. The van der Waals surface area contributed by atoms with Gasteiger partial charge in [-0.05, 0) is 50.5 Å². The molecule has 1 fully saturated rings. The highest BCUT2D eigenvalue weighted by atomic mass is 32.2. The third-order valence-electron chi connectivity index (χ3n) is 5.24. The lowest BCUT2D eigenvalue weighted by Crippen LogP contribution is -2.45. The van der Waals surface area contributed by atoms with Crippen molar-refractivity contribution in [1.29, 1.82) is 0 Å². The molecule has 1 saturated carbocycles. The second-order valence-electron chi connectivity index (χ2n) is 8.53. The molecule has 0 spiro atoms. The van der Waals surface area contributed by atoms with Gasteiger partial charge in [0.1, 0.15) is 22.7 Å². The van der Waals surface area contributed by atoms with E-state index in [0.717, 1.165) is 12.0 Å². The Morgan fingerprint density at radius 1 is 1.10 bits per heavy atom. The first-order valence-corrected chi connectivity index (χ1v) is 11.4. The van der Waals surface area contributed by atoms with E-state index in [1.54, 1.807) is 39.0 Å². The van der Waals surface area contributed by atoms with Crippen LogP contribution in [-0.2, 0) is 25.8 Å². The van der Waals surface area contributed by atoms with Crippen molar-refractivity contribution in [3.63, 3.8) is 0 Å². The van der Waals surface area contributed by atoms with Crippen LogP contribution in [0.15, 0.2) is 59.5 Å². The topological polar surface area (TPSA) is 89.5 Å². The number of carbonyl (C=O) groups excluding carboxylic acids is 2. The summed E-state index contributed by atoms with van der Waals surface area (Å²) in [5, 5.41) is 1.45. The number of nitrogens with one attached hydrogen (secondary N) is 1. The third-order valence-corrected chi connectivity index (χ3v) is 7.50. The minimum atomic E-state index is -3.89. The Morgan fingerprint density at radius 2 is 1.70 bits per heavy atom. The first-order chi connectivity index (χ1) is 14.0. The number of rotatable bonds is 6. The molecule has 0 bridgehead atoms. The fourth-order valence-corrected chi connectivity index (χ4v) is 6.04. The third kappa shape index (κ3) is 4.12. The Kier molecular flexibility index (Phi) is 5.78. The standard InChI is InChI=1S/C23H27NO5S/c1-5-16-11-13-17(14-12-16)19-20(30(27,28)18-9-7-6-8-10-18)23(19,15-25)24-21(26)29-22(2,3)4/h6-15,19-20H,5H2,1-4H3,(H,24,26)/t19-,20-,23-/m0/s1. The zero-order chi connectivity index (χ0) is 22.2. The summed E-state index contributed by atoms with van der Waals surface area (Å²) >= 11 is 0. The van der Waals surface area contributed by atoms with Crippen molar-refractivity contribution in [2.45, 2.75) is 61.3 Å². The summed E-state index contributed by atoms with van der Waals surface area (Å²) < 4.78 is 32.1. The van der Waals surface area contributed by atoms with E-state index < -0.39 is 38.2 Å². The predicted molar refractivity (Wildman–Crippen MR) is 114 cm³/mol. The molecule has 0 unspecified atom stereocenters. The maximum Gasteiger partial charge on any atom is 0.408 e. The minimum absolute atomic E-state index is 0.111. The first kappa shape index (κ1) is 22.0. The molecule has 0 radical (unpaired) electrons. The summed E-state index contributed by atoms with van der Waals surface area (Å²) in [7, 11) is -3.89. The van der Waals surface area contributed by atoms with Crippen LogP contribution in [0.25, 0.3) is 0 Å². The number of carbonyl (C=O) groups is 2. The fraction of sp³-hybridized carbons (Fsp3) is 0.391. The highest BCUT2D eigenvalue weighted by molar-refractivity contribution is 7.92. The van der Waals surface area contributed by atoms with Gasteiger partial charge in [0.2, 0.25) is 0 Å².